The van der Waals surface area contributed by atoms with Gasteiger partial charge in [0.15, 0.2) is 17.6 Å². The Labute approximate surface area is 206 Å². The molecule has 8 nitrogen and oxygen atoms in total. The number of benzene rings is 2. The van der Waals surface area contributed by atoms with Crippen LogP contribution in [0.4, 0.5) is 0 Å². The first-order chi connectivity index (χ1) is 16.3. The summed E-state index contributed by atoms with van der Waals surface area (Å²) < 4.78 is 18.5. The van der Waals surface area contributed by atoms with Gasteiger partial charge in [0.05, 0.1) is 30.8 Å². The van der Waals surface area contributed by atoms with Crippen molar-refractivity contribution in [3.05, 3.63) is 74.8 Å². The van der Waals surface area contributed by atoms with Crippen LogP contribution in [0.15, 0.2) is 57.4 Å². The van der Waals surface area contributed by atoms with Gasteiger partial charge in [0.1, 0.15) is 5.82 Å². The SMILES string of the molecule is C=CCc1cc(C=Nn2c(C)nc3ccc(Br)cc3c2=O)cc(OCC)c1O[C@@H](C)C(=O)OC. The van der Waals surface area contributed by atoms with Crippen molar-refractivity contribution in [2.24, 2.45) is 5.10 Å². The summed E-state index contributed by atoms with van der Waals surface area (Å²) in [5.41, 5.74) is 1.76. The number of esters is 1. The average Bonchev–Trinajstić information content (AvgIpc) is 2.81. The number of ether oxygens (including phenoxy) is 3. The van der Waals surface area contributed by atoms with Crippen LogP contribution in [0, 0.1) is 6.92 Å². The molecular formula is C25H26BrN3O5. The predicted octanol–water partition coefficient (Wildman–Crippen LogP) is 4.42. The minimum Gasteiger partial charge on any atom is -0.490 e. The number of allylic oxidation sites excluding steroid dienone is 1. The van der Waals surface area contributed by atoms with Crippen LogP contribution in [0.2, 0.25) is 0 Å². The maximum absolute atomic E-state index is 13.0. The molecule has 0 fully saturated rings. The molecule has 0 radical (unpaired) electrons. The van der Waals surface area contributed by atoms with Crippen molar-refractivity contribution < 1.29 is 19.0 Å². The van der Waals surface area contributed by atoms with Crippen molar-refractivity contribution in [1.82, 2.24) is 9.66 Å². The lowest BCUT2D eigenvalue weighted by Gasteiger charge is -2.19. The lowest BCUT2D eigenvalue weighted by Crippen LogP contribution is -2.25. The van der Waals surface area contributed by atoms with Gasteiger partial charge in [-0.25, -0.2) is 9.78 Å². The van der Waals surface area contributed by atoms with E-state index in [0.717, 1.165) is 10.0 Å². The van der Waals surface area contributed by atoms with E-state index in [9.17, 15) is 9.59 Å². The third-order valence-electron chi connectivity index (χ3n) is 4.94. The second kappa shape index (κ2) is 11.1. The Morgan fingerprint density at radius 2 is 2.09 bits per heavy atom. The highest BCUT2D eigenvalue weighted by Crippen LogP contribution is 2.34. The Morgan fingerprint density at radius 3 is 2.76 bits per heavy atom. The number of carbonyl (C=O) groups is 1. The van der Waals surface area contributed by atoms with E-state index in [1.807, 2.05) is 19.1 Å². The van der Waals surface area contributed by atoms with Crippen molar-refractivity contribution in [2.45, 2.75) is 33.3 Å². The van der Waals surface area contributed by atoms with E-state index in [1.54, 1.807) is 44.3 Å². The van der Waals surface area contributed by atoms with Crippen LogP contribution in [-0.2, 0) is 16.0 Å². The smallest absolute Gasteiger partial charge is 0.346 e. The molecule has 1 atom stereocenters. The summed E-state index contributed by atoms with van der Waals surface area (Å²) in [6.07, 6.45) is 2.93. The molecule has 1 aromatic heterocycles. The molecule has 0 aliphatic heterocycles. The number of carbonyl (C=O) groups excluding carboxylic acids is 1. The highest BCUT2D eigenvalue weighted by atomic mass is 79.9. The van der Waals surface area contributed by atoms with Gasteiger partial charge in [0.2, 0.25) is 0 Å². The van der Waals surface area contributed by atoms with Gasteiger partial charge in [0, 0.05) is 10.0 Å². The number of aromatic nitrogens is 2. The zero-order valence-electron chi connectivity index (χ0n) is 19.5. The first-order valence-electron chi connectivity index (χ1n) is 10.7. The van der Waals surface area contributed by atoms with Crippen LogP contribution in [0.3, 0.4) is 0 Å². The van der Waals surface area contributed by atoms with Gasteiger partial charge >= 0.3 is 5.97 Å². The van der Waals surface area contributed by atoms with Crippen LogP contribution >= 0.6 is 15.9 Å². The molecule has 178 valence electrons. The Hall–Kier alpha value is -3.46. The predicted molar refractivity (Wildman–Crippen MR) is 135 cm³/mol. The molecule has 9 heteroatoms. The summed E-state index contributed by atoms with van der Waals surface area (Å²) in [5, 5.41) is 4.85. The van der Waals surface area contributed by atoms with Crippen molar-refractivity contribution >= 4 is 39.0 Å². The molecule has 2 aromatic carbocycles. The zero-order chi connectivity index (χ0) is 24.8. The topological polar surface area (TPSA) is 92.0 Å². The Kier molecular flexibility index (Phi) is 8.22. The molecular weight excluding hydrogens is 502 g/mol. The van der Waals surface area contributed by atoms with E-state index in [4.69, 9.17) is 14.2 Å². The highest BCUT2D eigenvalue weighted by Gasteiger charge is 2.20. The molecule has 0 aliphatic rings. The van der Waals surface area contributed by atoms with Crippen LogP contribution in [0.25, 0.3) is 10.9 Å². The van der Waals surface area contributed by atoms with Crippen LogP contribution in [-0.4, -0.2) is 41.7 Å². The molecule has 0 unspecified atom stereocenters. The summed E-state index contributed by atoms with van der Waals surface area (Å²) in [7, 11) is 1.31. The van der Waals surface area contributed by atoms with Crippen molar-refractivity contribution in [3.8, 4) is 11.5 Å². The quantitative estimate of drug-likeness (QED) is 0.232. The Morgan fingerprint density at radius 1 is 1.32 bits per heavy atom. The summed E-state index contributed by atoms with van der Waals surface area (Å²) in [6.45, 7) is 9.37. The second-order valence-corrected chi connectivity index (χ2v) is 8.31. The van der Waals surface area contributed by atoms with E-state index in [2.05, 4.69) is 32.6 Å². The summed E-state index contributed by atoms with van der Waals surface area (Å²) >= 11 is 3.39. The third-order valence-corrected chi connectivity index (χ3v) is 5.43. The minimum absolute atomic E-state index is 0.275. The summed E-state index contributed by atoms with van der Waals surface area (Å²) in [5.74, 6) is 0.841. The molecule has 0 saturated carbocycles. The van der Waals surface area contributed by atoms with Gasteiger partial charge < -0.3 is 14.2 Å². The number of fused-ring (bicyclic) bond motifs is 1. The molecule has 0 saturated heterocycles. The first-order valence-corrected chi connectivity index (χ1v) is 11.5. The fraction of sp³-hybridized carbons (Fsp3) is 0.280. The molecule has 0 aliphatic carbocycles. The third kappa shape index (κ3) is 5.53. The van der Waals surface area contributed by atoms with E-state index in [1.165, 1.54) is 11.8 Å². The molecule has 0 amide bonds. The van der Waals surface area contributed by atoms with E-state index < -0.39 is 12.1 Å². The van der Waals surface area contributed by atoms with Crippen LogP contribution in [0.1, 0.15) is 30.8 Å². The molecule has 0 spiro atoms. The van der Waals surface area contributed by atoms with Gasteiger partial charge in [-0.1, -0.05) is 22.0 Å². The molecule has 0 N–H and O–H groups in total. The van der Waals surface area contributed by atoms with Crippen molar-refractivity contribution in [3.63, 3.8) is 0 Å². The maximum atomic E-state index is 13.0. The number of aryl methyl sites for hydroxylation is 1. The number of rotatable bonds is 9. The van der Waals surface area contributed by atoms with Gasteiger partial charge in [-0.3, -0.25) is 4.79 Å². The largest absolute Gasteiger partial charge is 0.490 e. The molecule has 3 aromatic rings. The van der Waals surface area contributed by atoms with E-state index in [-0.39, 0.29) is 5.56 Å². The average molecular weight is 528 g/mol. The Balaban J connectivity index is 2.07. The van der Waals surface area contributed by atoms with Gasteiger partial charge in [0.25, 0.3) is 5.56 Å². The van der Waals surface area contributed by atoms with Gasteiger partial charge in [-0.05, 0) is 63.1 Å². The summed E-state index contributed by atoms with van der Waals surface area (Å²) in [4.78, 5) is 29.4. The Bertz CT molecular complexity index is 1320. The minimum atomic E-state index is -0.823. The molecule has 0 bridgehead atoms. The number of hydrogen-bond acceptors (Lipinski definition) is 7. The van der Waals surface area contributed by atoms with Crippen molar-refractivity contribution in [1.29, 1.82) is 0 Å². The standard InChI is InChI=1S/C25H26BrN3O5/c1-6-8-18-11-17(12-22(33-7-2)23(18)34-15(3)25(31)32-5)14-27-29-16(4)28-21-10-9-19(26)13-20(21)24(29)30/h6,9-15H,1,7-8H2,2-5H3/t15-/m0/s1. The first kappa shape index (κ1) is 25.2. The number of nitrogens with zero attached hydrogens (tertiary/aromatic N) is 3. The van der Waals surface area contributed by atoms with Gasteiger partial charge in [-0.15, -0.1) is 6.58 Å². The zero-order valence-corrected chi connectivity index (χ0v) is 21.1. The monoisotopic (exact) mass is 527 g/mol. The normalized spacial score (nSPS) is 12.0. The molecule has 3 rings (SSSR count). The maximum Gasteiger partial charge on any atom is 0.346 e. The molecule has 1 heterocycles. The fourth-order valence-corrected chi connectivity index (χ4v) is 3.73. The lowest BCUT2D eigenvalue weighted by molar-refractivity contribution is -0.147. The van der Waals surface area contributed by atoms with Crippen LogP contribution in [0.5, 0.6) is 11.5 Å². The highest BCUT2D eigenvalue weighted by molar-refractivity contribution is 9.10. The van der Waals surface area contributed by atoms with Crippen molar-refractivity contribution in [2.75, 3.05) is 13.7 Å². The number of halogens is 1. The summed E-state index contributed by atoms with van der Waals surface area (Å²) in [6, 6.07) is 8.93. The fourth-order valence-electron chi connectivity index (χ4n) is 3.37. The van der Waals surface area contributed by atoms with Crippen LogP contribution < -0.4 is 15.0 Å². The van der Waals surface area contributed by atoms with Gasteiger partial charge in [-0.2, -0.15) is 9.78 Å². The van der Waals surface area contributed by atoms with E-state index in [0.29, 0.717) is 46.8 Å². The second-order valence-electron chi connectivity index (χ2n) is 7.40. The lowest BCUT2D eigenvalue weighted by atomic mass is 10.1. The van der Waals surface area contributed by atoms with E-state index >= 15 is 0 Å². The number of hydrogen-bond donors (Lipinski definition) is 0. The molecule has 34 heavy (non-hydrogen) atoms. The number of methoxy groups -OCH3 is 1.